The number of fused-ring (bicyclic) bond motifs is 5. The van der Waals surface area contributed by atoms with Crippen LogP contribution >= 0.6 is 0 Å². The van der Waals surface area contributed by atoms with E-state index in [9.17, 15) is 4.79 Å². The number of rotatable bonds is 4. The molecule has 1 amide bonds. The van der Waals surface area contributed by atoms with Crippen molar-refractivity contribution in [3.63, 3.8) is 0 Å². The molecule has 4 unspecified atom stereocenters. The molecule has 3 aliphatic heterocycles. The molecule has 3 aliphatic rings. The number of likely N-dealkylation sites (tertiary alicyclic amines) is 1. The lowest BCUT2D eigenvalue weighted by atomic mass is 9.82. The van der Waals surface area contributed by atoms with Crippen molar-refractivity contribution in [1.29, 1.82) is 0 Å². The Bertz CT molecular complexity index is 597. The summed E-state index contributed by atoms with van der Waals surface area (Å²) < 4.78 is 11.1. The Morgan fingerprint density at radius 2 is 1.96 bits per heavy atom. The summed E-state index contributed by atoms with van der Waals surface area (Å²) >= 11 is 0. The van der Waals surface area contributed by atoms with Crippen LogP contribution in [0, 0.1) is 11.8 Å². The fourth-order valence-corrected chi connectivity index (χ4v) is 4.31. The average molecular weight is 332 g/mol. The quantitative estimate of drug-likeness (QED) is 0.482. The largest absolute Gasteiger partial charge is 0.459 e. The van der Waals surface area contributed by atoms with E-state index in [2.05, 4.69) is 20.5 Å². The Morgan fingerprint density at radius 1 is 1.25 bits per heavy atom. The molecule has 1 aromatic rings. The lowest BCUT2D eigenvalue weighted by Crippen LogP contribution is -2.44. The molecule has 3 fully saturated rings. The monoisotopic (exact) mass is 332 g/mol. The number of nitrogens with one attached hydrogen (secondary N) is 2. The normalized spacial score (nSPS) is 31.4. The highest BCUT2D eigenvalue weighted by Gasteiger charge is 2.53. The van der Waals surface area contributed by atoms with E-state index >= 15 is 0 Å². The molecule has 0 radical (unpaired) electrons. The molecule has 2 bridgehead atoms. The summed E-state index contributed by atoms with van der Waals surface area (Å²) in [6.45, 7) is 3.19. The van der Waals surface area contributed by atoms with Crippen LogP contribution in [0.15, 0.2) is 27.8 Å². The lowest BCUT2D eigenvalue weighted by Gasteiger charge is -2.23. The van der Waals surface area contributed by atoms with Crippen LogP contribution in [0.4, 0.5) is 0 Å². The molecule has 130 valence electrons. The first-order valence-electron chi connectivity index (χ1n) is 8.69. The maximum atomic E-state index is 11.8. The first kappa shape index (κ1) is 15.5. The molecule has 3 saturated heterocycles. The van der Waals surface area contributed by atoms with Crippen LogP contribution in [-0.4, -0.2) is 62.2 Å². The van der Waals surface area contributed by atoms with Gasteiger partial charge in [-0.25, -0.2) is 0 Å². The third kappa shape index (κ3) is 2.77. The smallest absolute Gasteiger partial charge is 0.287 e. The summed E-state index contributed by atoms with van der Waals surface area (Å²) in [7, 11) is 1.81. The van der Waals surface area contributed by atoms with Crippen LogP contribution in [-0.2, 0) is 4.74 Å². The Balaban J connectivity index is 1.23. The number of carbonyl (C=O) groups is 1. The van der Waals surface area contributed by atoms with Crippen LogP contribution in [0.2, 0.25) is 0 Å². The molecule has 2 N–H and O–H groups in total. The van der Waals surface area contributed by atoms with Gasteiger partial charge in [0.2, 0.25) is 0 Å². The topological polar surface area (TPSA) is 79.1 Å². The fourth-order valence-electron chi connectivity index (χ4n) is 4.31. The van der Waals surface area contributed by atoms with Crippen molar-refractivity contribution < 1.29 is 13.9 Å². The Morgan fingerprint density at radius 3 is 2.58 bits per heavy atom. The molecule has 4 heterocycles. The van der Waals surface area contributed by atoms with Gasteiger partial charge in [0.05, 0.1) is 18.5 Å². The van der Waals surface area contributed by atoms with Gasteiger partial charge in [0.25, 0.3) is 5.91 Å². The average Bonchev–Trinajstić information content (AvgIpc) is 3.35. The van der Waals surface area contributed by atoms with Gasteiger partial charge >= 0.3 is 0 Å². The molecule has 0 spiro atoms. The highest BCUT2D eigenvalue weighted by Crippen LogP contribution is 2.47. The second kappa shape index (κ2) is 6.47. The zero-order chi connectivity index (χ0) is 16.5. The van der Waals surface area contributed by atoms with Crippen LogP contribution in [0.5, 0.6) is 0 Å². The number of hydrogen-bond donors (Lipinski definition) is 2. The first-order chi connectivity index (χ1) is 11.8. The molecule has 24 heavy (non-hydrogen) atoms. The molecule has 0 aromatic carbocycles. The highest BCUT2D eigenvalue weighted by atomic mass is 16.5. The van der Waals surface area contributed by atoms with Gasteiger partial charge in [-0.3, -0.25) is 9.79 Å². The Hall–Kier alpha value is -2.02. The van der Waals surface area contributed by atoms with Gasteiger partial charge in [-0.2, -0.15) is 0 Å². The summed E-state index contributed by atoms with van der Waals surface area (Å²) in [6, 6.07) is 3.36. The van der Waals surface area contributed by atoms with Crippen molar-refractivity contribution in [3.05, 3.63) is 24.2 Å². The van der Waals surface area contributed by atoms with Crippen LogP contribution in [0.3, 0.4) is 0 Å². The fraction of sp³-hybridized carbons (Fsp3) is 0.647. The molecule has 1 aromatic heterocycles. The maximum Gasteiger partial charge on any atom is 0.287 e. The number of hydrogen-bond acceptors (Lipinski definition) is 4. The van der Waals surface area contributed by atoms with Crippen molar-refractivity contribution in [2.24, 2.45) is 16.8 Å². The molecular formula is C17H24N4O3. The minimum Gasteiger partial charge on any atom is -0.459 e. The van der Waals surface area contributed by atoms with E-state index in [-0.39, 0.29) is 5.91 Å². The molecule has 4 rings (SSSR count). The SMILES string of the molecule is CN=C(NCCNC(=O)c1ccco1)N1CC2C3CCC(O3)C2C1. The van der Waals surface area contributed by atoms with E-state index in [1.165, 1.54) is 19.1 Å². The number of furan rings is 1. The summed E-state index contributed by atoms with van der Waals surface area (Å²) in [5, 5.41) is 6.17. The van der Waals surface area contributed by atoms with Crippen molar-refractivity contribution >= 4 is 11.9 Å². The van der Waals surface area contributed by atoms with E-state index in [1.807, 2.05) is 7.05 Å². The number of ether oxygens (including phenoxy) is 1. The predicted molar refractivity (Wildman–Crippen MR) is 88.9 cm³/mol. The van der Waals surface area contributed by atoms with Gasteiger partial charge < -0.3 is 24.7 Å². The van der Waals surface area contributed by atoms with E-state index in [1.54, 1.807) is 12.1 Å². The van der Waals surface area contributed by atoms with Gasteiger partial charge in [0.15, 0.2) is 11.7 Å². The zero-order valence-electron chi connectivity index (χ0n) is 13.9. The molecule has 4 atom stereocenters. The second-order valence-electron chi connectivity index (χ2n) is 6.73. The van der Waals surface area contributed by atoms with E-state index in [0.717, 1.165) is 19.0 Å². The summed E-state index contributed by atoms with van der Waals surface area (Å²) in [6.07, 6.45) is 4.83. The Kier molecular flexibility index (Phi) is 4.18. The minimum absolute atomic E-state index is 0.193. The first-order valence-corrected chi connectivity index (χ1v) is 8.69. The number of amides is 1. The van der Waals surface area contributed by atoms with Crippen molar-refractivity contribution in [1.82, 2.24) is 15.5 Å². The summed E-state index contributed by atoms with van der Waals surface area (Å²) in [5.41, 5.74) is 0. The summed E-state index contributed by atoms with van der Waals surface area (Å²) in [4.78, 5) is 18.5. The molecular weight excluding hydrogens is 308 g/mol. The molecule has 0 saturated carbocycles. The van der Waals surface area contributed by atoms with E-state index in [4.69, 9.17) is 9.15 Å². The highest BCUT2D eigenvalue weighted by molar-refractivity contribution is 5.91. The lowest BCUT2D eigenvalue weighted by molar-refractivity contribution is 0.0767. The molecule has 7 heteroatoms. The van der Waals surface area contributed by atoms with Crippen LogP contribution in [0.25, 0.3) is 0 Å². The Labute approximate surface area is 141 Å². The summed E-state index contributed by atoms with van der Waals surface area (Å²) in [5.74, 6) is 2.36. The van der Waals surface area contributed by atoms with Gasteiger partial charge in [-0.1, -0.05) is 0 Å². The number of aliphatic imine (C=N–C) groups is 1. The number of carbonyl (C=O) groups excluding carboxylic acids is 1. The predicted octanol–water partition coefficient (Wildman–Crippen LogP) is 0.694. The number of guanidine groups is 1. The zero-order valence-corrected chi connectivity index (χ0v) is 13.9. The van der Waals surface area contributed by atoms with Crippen LogP contribution < -0.4 is 10.6 Å². The molecule has 7 nitrogen and oxygen atoms in total. The van der Waals surface area contributed by atoms with Gasteiger partial charge in [-0.15, -0.1) is 0 Å². The maximum absolute atomic E-state index is 11.8. The van der Waals surface area contributed by atoms with Crippen molar-refractivity contribution in [2.75, 3.05) is 33.2 Å². The minimum atomic E-state index is -0.193. The number of nitrogens with zero attached hydrogens (tertiary/aromatic N) is 2. The van der Waals surface area contributed by atoms with E-state index < -0.39 is 0 Å². The van der Waals surface area contributed by atoms with Crippen molar-refractivity contribution in [3.8, 4) is 0 Å². The van der Waals surface area contributed by atoms with E-state index in [0.29, 0.717) is 42.9 Å². The van der Waals surface area contributed by atoms with Gasteiger partial charge in [0, 0.05) is 45.1 Å². The third-order valence-corrected chi connectivity index (χ3v) is 5.40. The molecule has 0 aliphatic carbocycles. The third-order valence-electron chi connectivity index (χ3n) is 5.40. The van der Waals surface area contributed by atoms with Gasteiger partial charge in [0.1, 0.15) is 0 Å². The standard InChI is InChI=1S/C17H24N4O3/c1-18-17(20-7-6-19-16(22)15-3-2-8-23-15)21-9-11-12(10-21)14-5-4-13(11)24-14/h2-3,8,11-14H,4-7,9-10H2,1H3,(H,18,20)(H,19,22). The van der Waals surface area contributed by atoms with Gasteiger partial charge in [-0.05, 0) is 25.0 Å². The van der Waals surface area contributed by atoms with Crippen molar-refractivity contribution in [2.45, 2.75) is 25.0 Å². The second-order valence-corrected chi connectivity index (χ2v) is 6.73. The van der Waals surface area contributed by atoms with Crippen LogP contribution in [0.1, 0.15) is 23.4 Å².